The first kappa shape index (κ1) is 23.4. The average Bonchev–Trinajstić information content (AvgIpc) is 2.60. The van der Waals surface area contributed by atoms with E-state index >= 15 is 0 Å². The minimum absolute atomic E-state index is 0.371. The molecule has 1 unspecified atom stereocenters. The highest BCUT2D eigenvalue weighted by Crippen LogP contribution is 2.27. The molecule has 0 radical (unpaired) electrons. The first-order valence-corrected chi connectivity index (χ1v) is 8.88. The lowest BCUT2D eigenvalue weighted by Crippen LogP contribution is -2.52. The maximum Gasteiger partial charge on any atom is 0.374 e. The van der Waals surface area contributed by atoms with Crippen molar-refractivity contribution >= 4 is 17.7 Å². The summed E-state index contributed by atoms with van der Waals surface area (Å²) < 4.78 is 25.0. The molecule has 2 atom stereocenters. The SMILES string of the molecule is CC.CN[C@@H](CC1CCCCC1)C(=O)NC(CC(F)F)C(=O)C(=O)O. The van der Waals surface area contributed by atoms with Crippen molar-refractivity contribution in [2.45, 2.75) is 77.3 Å². The van der Waals surface area contributed by atoms with Crippen LogP contribution in [0.3, 0.4) is 0 Å². The Bertz CT molecular complexity index is 427. The fourth-order valence-electron chi connectivity index (χ4n) is 2.94. The number of carbonyl (C=O) groups excluding carboxylic acids is 2. The summed E-state index contributed by atoms with van der Waals surface area (Å²) in [6.45, 7) is 4.00. The molecular formula is C17H30F2N2O4. The Labute approximate surface area is 147 Å². The molecule has 1 fully saturated rings. The van der Waals surface area contributed by atoms with Gasteiger partial charge in [-0.15, -0.1) is 0 Å². The minimum Gasteiger partial charge on any atom is -0.475 e. The number of rotatable bonds is 9. The van der Waals surface area contributed by atoms with Gasteiger partial charge in [0.1, 0.15) is 6.04 Å². The maximum atomic E-state index is 12.5. The molecule has 1 amide bonds. The fourth-order valence-corrected chi connectivity index (χ4v) is 2.94. The van der Waals surface area contributed by atoms with Crippen LogP contribution in [0.15, 0.2) is 0 Å². The smallest absolute Gasteiger partial charge is 0.374 e. The Morgan fingerprint density at radius 3 is 2.08 bits per heavy atom. The van der Waals surface area contributed by atoms with Crippen LogP contribution in [0.5, 0.6) is 0 Å². The Kier molecular flexibility index (Phi) is 11.9. The molecule has 6 nitrogen and oxygen atoms in total. The van der Waals surface area contributed by atoms with E-state index in [4.69, 9.17) is 5.11 Å². The number of aliphatic carboxylic acids is 1. The molecule has 0 spiro atoms. The van der Waals surface area contributed by atoms with E-state index in [2.05, 4.69) is 10.6 Å². The molecule has 0 aliphatic heterocycles. The lowest BCUT2D eigenvalue weighted by molar-refractivity contribution is -0.151. The van der Waals surface area contributed by atoms with Crippen LogP contribution in [0.1, 0.15) is 58.8 Å². The minimum atomic E-state index is -2.88. The number of Topliss-reactive ketones (excluding diaryl/α,β-unsaturated/α-hetero) is 1. The van der Waals surface area contributed by atoms with Gasteiger partial charge in [-0.25, -0.2) is 13.6 Å². The normalized spacial score (nSPS) is 17.2. The second-order valence-electron chi connectivity index (χ2n) is 5.94. The summed E-state index contributed by atoms with van der Waals surface area (Å²) in [6.07, 6.45) is 2.08. The monoisotopic (exact) mass is 364 g/mol. The van der Waals surface area contributed by atoms with Gasteiger partial charge in [-0.2, -0.15) is 0 Å². The summed E-state index contributed by atoms with van der Waals surface area (Å²) in [4.78, 5) is 34.3. The highest BCUT2D eigenvalue weighted by atomic mass is 19.3. The van der Waals surface area contributed by atoms with Crippen LogP contribution >= 0.6 is 0 Å². The molecule has 0 bridgehead atoms. The molecule has 0 saturated heterocycles. The molecule has 1 aliphatic rings. The largest absolute Gasteiger partial charge is 0.475 e. The standard InChI is InChI=1S/C15H24F2N2O4.C2H6/c1-18-11(7-9-5-3-2-4-6-9)14(21)19-10(8-12(16)17)13(20)15(22)23;1-2/h9-12,18H,2-8H2,1H3,(H,19,21)(H,22,23);1-2H3/t10?,11-;/m0./s1. The summed E-state index contributed by atoms with van der Waals surface area (Å²) in [5.41, 5.74) is 0. The van der Waals surface area contributed by atoms with Gasteiger partial charge in [0.25, 0.3) is 5.78 Å². The third kappa shape index (κ3) is 8.90. The van der Waals surface area contributed by atoms with Gasteiger partial charge in [-0.05, 0) is 19.4 Å². The van der Waals surface area contributed by atoms with Crippen LogP contribution < -0.4 is 10.6 Å². The third-order valence-electron chi connectivity index (χ3n) is 4.22. The van der Waals surface area contributed by atoms with E-state index in [1.165, 1.54) is 6.42 Å². The zero-order valence-corrected chi connectivity index (χ0v) is 15.2. The van der Waals surface area contributed by atoms with Gasteiger partial charge in [0.05, 0.1) is 6.04 Å². The maximum absolute atomic E-state index is 12.5. The van der Waals surface area contributed by atoms with Crippen LogP contribution in [0.25, 0.3) is 0 Å². The van der Waals surface area contributed by atoms with Crippen LogP contribution in [0, 0.1) is 5.92 Å². The fraction of sp³-hybridized carbons (Fsp3) is 0.824. The molecule has 1 rings (SSSR count). The third-order valence-corrected chi connectivity index (χ3v) is 4.22. The number of carboxylic acids is 1. The van der Waals surface area contributed by atoms with E-state index in [1.807, 2.05) is 13.8 Å². The van der Waals surface area contributed by atoms with Gasteiger partial charge in [0.15, 0.2) is 0 Å². The number of halogens is 2. The molecular weight excluding hydrogens is 334 g/mol. The van der Waals surface area contributed by atoms with Crippen molar-refractivity contribution in [3.8, 4) is 0 Å². The van der Waals surface area contributed by atoms with Crippen molar-refractivity contribution < 1.29 is 28.3 Å². The second kappa shape index (κ2) is 12.7. The topological polar surface area (TPSA) is 95.5 Å². The molecule has 25 heavy (non-hydrogen) atoms. The first-order chi connectivity index (χ1) is 11.8. The van der Waals surface area contributed by atoms with Crippen LogP contribution in [-0.2, 0) is 14.4 Å². The van der Waals surface area contributed by atoms with Gasteiger partial charge in [-0.1, -0.05) is 46.0 Å². The van der Waals surface area contributed by atoms with Crippen molar-refractivity contribution in [3.05, 3.63) is 0 Å². The molecule has 8 heteroatoms. The summed E-state index contributed by atoms with van der Waals surface area (Å²) in [7, 11) is 1.58. The van der Waals surface area contributed by atoms with E-state index in [0.29, 0.717) is 12.3 Å². The number of carboxylic acid groups (broad SMARTS) is 1. The molecule has 1 aliphatic carbocycles. The average molecular weight is 364 g/mol. The number of amides is 1. The van der Waals surface area contributed by atoms with Crippen molar-refractivity contribution in [1.82, 2.24) is 10.6 Å². The van der Waals surface area contributed by atoms with Crippen LogP contribution in [-0.4, -0.2) is 48.3 Å². The first-order valence-electron chi connectivity index (χ1n) is 8.88. The number of alkyl halides is 2. The van der Waals surface area contributed by atoms with Crippen molar-refractivity contribution in [1.29, 1.82) is 0 Å². The van der Waals surface area contributed by atoms with Gasteiger partial charge >= 0.3 is 5.97 Å². The van der Waals surface area contributed by atoms with Crippen LogP contribution in [0.2, 0.25) is 0 Å². The van der Waals surface area contributed by atoms with E-state index in [1.54, 1.807) is 7.05 Å². The zero-order chi connectivity index (χ0) is 19.4. The summed E-state index contributed by atoms with van der Waals surface area (Å²) in [5, 5.41) is 13.6. The number of likely N-dealkylation sites (N-methyl/N-ethyl adjacent to an activating group) is 1. The molecule has 0 aromatic carbocycles. The van der Waals surface area contributed by atoms with E-state index in [0.717, 1.165) is 25.7 Å². The molecule has 146 valence electrons. The second-order valence-corrected chi connectivity index (χ2v) is 5.94. The summed E-state index contributed by atoms with van der Waals surface area (Å²) in [5.74, 6) is -3.50. The van der Waals surface area contributed by atoms with Crippen molar-refractivity contribution in [3.63, 3.8) is 0 Å². The van der Waals surface area contributed by atoms with E-state index in [-0.39, 0.29) is 0 Å². The highest BCUT2D eigenvalue weighted by Gasteiger charge is 2.32. The van der Waals surface area contributed by atoms with Crippen molar-refractivity contribution in [2.24, 2.45) is 5.92 Å². The van der Waals surface area contributed by atoms with E-state index in [9.17, 15) is 23.2 Å². The summed E-state index contributed by atoms with van der Waals surface area (Å²) in [6, 6.07) is -2.33. The Balaban J connectivity index is 0.00000277. The number of hydrogen-bond acceptors (Lipinski definition) is 4. The molecule has 0 aromatic rings. The number of ketones is 1. The molecule has 0 heterocycles. The van der Waals surface area contributed by atoms with Gasteiger partial charge in [0, 0.05) is 6.42 Å². The van der Waals surface area contributed by atoms with Gasteiger partial charge in [0.2, 0.25) is 12.3 Å². The quantitative estimate of drug-likeness (QED) is 0.546. The van der Waals surface area contributed by atoms with E-state index < -0.39 is 42.6 Å². The Hall–Kier alpha value is -1.57. The molecule has 1 saturated carbocycles. The lowest BCUT2D eigenvalue weighted by Gasteiger charge is -2.27. The predicted octanol–water partition coefficient (Wildman–Crippen LogP) is 2.36. The Morgan fingerprint density at radius 1 is 1.08 bits per heavy atom. The highest BCUT2D eigenvalue weighted by molar-refractivity contribution is 6.35. The van der Waals surface area contributed by atoms with Crippen LogP contribution in [0.4, 0.5) is 8.78 Å². The molecule has 3 N–H and O–H groups in total. The lowest BCUT2D eigenvalue weighted by atomic mass is 9.84. The predicted molar refractivity (Wildman–Crippen MR) is 90.6 cm³/mol. The number of carbonyl (C=O) groups is 3. The number of hydrogen-bond donors (Lipinski definition) is 3. The summed E-state index contributed by atoms with van der Waals surface area (Å²) >= 11 is 0. The number of nitrogens with one attached hydrogen (secondary N) is 2. The zero-order valence-electron chi connectivity index (χ0n) is 15.2. The molecule has 0 aromatic heterocycles. The Morgan fingerprint density at radius 2 is 1.64 bits per heavy atom. The van der Waals surface area contributed by atoms with Gasteiger partial charge in [-0.3, -0.25) is 9.59 Å². The van der Waals surface area contributed by atoms with Gasteiger partial charge < -0.3 is 15.7 Å². The van der Waals surface area contributed by atoms with Crippen molar-refractivity contribution in [2.75, 3.05) is 7.05 Å².